The molecule has 2 aliphatic heterocycles. The third kappa shape index (κ3) is 4.02. The minimum atomic E-state index is 0.0660. The van der Waals surface area contributed by atoms with Crippen molar-refractivity contribution in [3.05, 3.63) is 29.8 Å². The SMILES string of the molecule is N#CCc1ccc(OCC(=O)N2CCN3CCCCC3C2)cc1. The zero-order valence-corrected chi connectivity index (χ0v) is 13.4. The summed E-state index contributed by atoms with van der Waals surface area (Å²) in [4.78, 5) is 16.8. The second kappa shape index (κ2) is 7.47. The maximum atomic E-state index is 12.4. The highest BCUT2D eigenvalue weighted by atomic mass is 16.5. The molecule has 2 fully saturated rings. The Labute approximate surface area is 137 Å². The highest BCUT2D eigenvalue weighted by molar-refractivity contribution is 5.78. The van der Waals surface area contributed by atoms with Gasteiger partial charge in [-0.25, -0.2) is 0 Å². The Balaban J connectivity index is 1.48. The molecular weight excluding hydrogens is 290 g/mol. The second-order valence-corrected chi connectivity index (χ2v) is 6.29. The fourth-order valence-corrected chi connectivity index (χ4v) is 3.41. The molecule has 1 amide bonds. The van der Waals surface area contributed by atoms with Gasteiger partial charge < -0.3 is 9.64 Å². The van der Waals surface area contributed by atoms with E-state index in [1.54, 1.807) is 0 Å². The first-order chi connectivity index (χ1) is 11.3. The zero-order valence-electron chi connectivity index (χ0n) is 13.4. The number of benzene rings is 1. The van der Waals surface area contributed by atoms with Crippen molar-refractivity contribution < 1.29 is 9.53 Å². The smallest absolute Gasteiger partial charge is 0.260 e. The van der Waals surface area contributed by atoms with E-state index in [1.165, 1.54) is 25.8 Å². The number of ether oxygens (including phenoxy) is 1. The Kier molecular flexibility index (Phi) is 5.14. The van der Waals surface area contributed by atoms with E-state index in [0.29, 0.717) is 18.2 Å². The molecule has 0 N–H and O–H groups in total. The maximum absolute atomic E-state index is 12.4. The summed E-state index contributed by atoms with van der Waals surface area (Å²) in [6, 6.07) is 10.0. The molecule has 0 radical (unpaired) electrons. The molecule has 2 aliphatic rings. The molecular formula is C18H23N3O2. The number of nitrogens with zero attached hydrogens (tertiary/aromatic N) is 3. The Morgan fingerprint density at radius 3 is 2.83 bits per heavy atom. The van der Waals surface area contributed by atoms with Gasteiger partial charge in [0.25, 0.3) is 5.91 Å². The minimum absolute atomic E-state index is 0.0660. The number of carbonyl (C=O) groups is 1. The molecule has 0 aliphatic carbocycles. The number of fused-ring (bicyclic) bond motifs is 1. The highest BCUT2D eigenvalue weighted by Gasteiger charge is 2.30. The van der Waals surface area contributed by atoms with Gasteiger partial charge in [0.1, 0.15) is 5.75 Å². The summed E-state index contributed by atoms with van der Waals surface area (Å²) in [5.74, 6) is 0.743. The number of carbonyl (C=O) groups excluding carboxylic acids is 1. The third-order valence-electron chi connectivity index (χ3n) is 4.76. The molecule has 0 bridgehead atoms. The van der Waals surface area contributed by atoms with E-state index in [9.17, 15) is 4.79 Å². The zero-order chi connectivity index (χ0) is 16.1. The number of piperidine rings is 1. The average molecular weight is 313 g/mol. The topological polar surface area (TPSA) is 56.6 Å². The first-order valence-electron chi connectivity index (χ1n) is 8.37. The number of nitriles is 1. The Morgan fingerprint density at radius 1 is 1.22 bits per heavy atom. The van der Waals surface area contributed by atoms with Gasteiger partial charge in [0.05, 0.1) is 12.5 Å². The molecule has 0 saturated carbocycles. The fourth-order valence-electron chi connectivity index (χ4n) is 3.41. The first kappa shape index (κ1) is 15.8. The van der Waals surface area contributed by atoms with Crippen molar-refractivity contribution in [1.29, 1.82) is 5.26 Å². The minimum Gasteiger partial charge on any atom is -0.484 e. The van der Waals surface area contributed by atoms with Gasteiger partial charge in [-0.15, -0.1) is 0 Å². The van der Waals surface area contributed by atoms with Crippen LogP contribution in [-0.4, -0.2) is 54.5 Å². The van der Waals surface area contributed by atoms with Crippen molar-refractivity contribution in [2.45, 2.75) is 31.7 Å². The van der Waals surface area contributed by atoms with Crippen molar-refractivity contribution in [3.8, 4) is 11.8 Å². The van der Waals surface area contributed by atoms with Gasteiger partial charge in [-0.2, -0.15) is 5.26 Å². The summed E-state index contributed by atoms with van der Waals surface area (Å²) in [5, 5.41) is 8.66. The lowest BCUT2D eigenvalue weighted by atomic mass is 9.99. The quantitative estimate of drug-likeness (QED) is 0.851. The van der Waals surface area contributed by atoms with E-state index < -0.39 is 0 Å². The van der Waals surface area contributed by atoms with E-state index in [4.69, 9.17) is 10.00 Å². The Hall–Kier alpha value is -2.06. The first-order valence-corrected chi connectivity index (χ1v) is 8.37. The van der Waals surface area contributed by atoms with Gasteiger partial charge in [-0.3, -0.25) is 9.69 Å². The Bertz CT molecular complexity index is 579. The fraction of sp³-hybridized carbons (Fsp3) is 0.556. The van der Waals surface area contributed by atoms with E-state index >= 15 is 0 Å². The monoisotopic (exact) mass is 313 g/mol. The summed E-state index contributed by atoms with van der Waals surface area (Å²) < 4.78 is 5.60. The number of amides is 1. The van der Waals surface area contributed by atoms with Gasteiger partial charge in [0, 0.05) is 25.7 Å². The molecule has 5 nitrogen and oxygen atoms in total. The van der Waals surface area contributed by atoms with Crippen LogP contribution in [0.3, 0.4) is 0 Å². The van der Waals surface area contributed by atoms with Gasteiger partial charge in [-0.05, 0) is 37.1 Å². The van der Waals surface area contributed by atoms with Crippen LogP contribution in [0.25, 0.3) is 0 Å². The van der Waals surface area contributed by atoms with Crippen LogP contribution in [0, 0.1) is 11.3 Å². The summed E-state index contributed by atoms with van der Waals surface area (Å²) in [6.07, 6.45) is 4.15. The molecule has 5 heteroatoms. The van der Waals surface area contributed by atoms with Gasteiger partial charge in [0.15, 0.2) is 6.61 Å². The largest absolute Gasteiger partial charge is 0.484 e. The second-order valence-electron chi connectivity index (χ2n) is 6.29. The van der Waals surface area contributed by atoms with E-state index in [2.05, 4.69) is 11.0 Å². The van der Waals surface area contributed by atoms with E-state index in [1.807, 2.05) is 29.2 Å². The van der Waals surface area contributed by atoms with Crippen LogP contribution in [0.15, 0.2) is 24.3 Å². The van der Waals surface area contributed by atoms with Crippen molar-refractivity contribution in [1.82, 2.24) is 9.80 Å². The molecule has 0 aromatic heterocycles. The predicted molar refractivity (Wildman–Crippen MR) is 87.0 cm³/mol. The molecule has 0 spiro atoms. The lowest BCUT2D eigenvalue weighted by molar-refractivity contribution is -0.136. The summed E-state index contributed by atoms with van der Waals surface area (Å²) in [5.41, 5.74) is 0.958. The molecule has 2 saturated heterocycles. The van der Waals surface area contributed by atoms with Crippen molar-refractivity contribution >= 4 is 5.91 Å². The number of hydrogen-bond acceptors (Lipinski definition) is 4. The van der Waals surface area contributed by atoms with Crippen LogP contribution in [0.4, 0.5) is 0 Å². The molecule has 3 rings (SSSR count). The van der Waals surface area contributed by atoms with Gasteiger partial charge in [-0.1, -0.05) is 18.6 Å². The normalized spacial score (nSPS) is 21.3. The molecule has 2 heterocycles. The van der Waals surface area contributed by atoms with Crippen molar-refractivity contribution in [2.75, 3.05) is 32.8 Å². The highest BCUT2D eigenvalue weighted by Crippen LogP contribution is 2.21. The predicted octanol–water partition coefficient (Wildman–Crippen LogP) is 1.83. The Morgan fingerprint density at radius 2 is 2.04 bits per heavy atom. The van der Waals surface area contributed by atoms with Crippen molar-refractivity contribution in [3.63, 3.8) is 0 Å². The average Bonchev–Trinajstić information content (AvgIpc) is 2.60. The van der Waals surface area contributed by atoms with Gasteiger partial charge in [0.2, 0.25) is 0 Å². The summed E-state index contributed by atoms with van der Waals surface area (Å²) in [7, 11) is 0. The van der Waals surface area contributed by atoms with Crippen LogP contribution < -0.4 is 4.74 Å². The van der Waals surface area contributed by atoms with Crippen molar-refractivity contribution in [2.24, 2.45) is 0 Å². The van der Waals surface area contributed by atoms with Crippen LogP contribution in [0.5, 0.6) is 5.75 Å². The molecule has 1 aromatic rings. The molecule has 1 unspecified atom stereocenters. The standard InChI is InChI=1S/C18H23N3O2/c19-9-8-15-4-6-17(7-5-15)23-14-18(22)21-12-11-20-10-2-1-3-16(20)13-21/h4-7,16H,1-3,8,10-14H2. The number of rotatable bonds is 4. The molecule has 23 heavy (non-hydrogen) atoms. The van der Waals surface area contributed by atoms with E-state index in [-0.39, 0.29) is 12.5 Å². The lowest BCUT2D eigenvalue weighted by Crippen LogP contribution is -2.56. The number of hydrogen-bond donors (Lipinski definition) is 0. The van der Waals surface area contributed by atoms with Crippen LogP contribution in [0.2, 0.25) is 0 Å². The third-order valence-corrected chi connectivity index (χ3v) is 4.76. The van der Waals surface area contributed by atoms with Crippen LogP contribution in [-0.2, 0) is 11.2 Å². The van der Waals surface area contributed by atoms with Crippen LogP contribution >= 0.6 is 0 Å². The van der Waals surface area contributed by atoms with E-state index in [0.717, 1.165) is 25.2 Å². The van der Waals surface area contributed by atoms with Crippen LogP contribution in [0.1, 0.15) is 24.8 Å². The maximum Gasteiger partial charge on any atom is 0.260 e. The lowest BCUT2D eigenvalue weighted by Gasteiger charge is -2.43. The summed E-state index contributed by atoms with van der Waals surface area (Å²) in [6.45, 7) is 3.89. The summed E-state index contributed by atoms with van der Waals surface area (Å²) >= 11 is 0. The molecule has 1 aromatic carbocycles. The molecule has 1 atom stereocenters. The molecule has 122 valence electrons. The van der Waals surface area contributed by atoms with Gasteiger partial charge >= 0.3 is 0 Å². The number of piperazine rings is 1.